The molecule has 126 valence electrons. The second-order valence-electron chi connectivity index (χ2n) is 5.85. The van der Waals surface area contributed by atoms with Crippen molar-refractivity contribution in [3.63, 3.8) is 0 Å². The lowest BCUT2D eigenvalue weighted by Gasteiger charge is -2.25. The van der Waals surface area contributed by atoms with E-state index in [4.69, 9.17) is 4.74 Å². The Bertz CT molecular complexity index is 782. The third-order valence-electron chi connectivity index (χ3n) is 4.19. The largest absolute Gasteiger partial charge is 0.380 e. The Labute approximate surface area is 135 Å². The average Bonchev–Trinajstić information content (AvgIpc) is 3.20. The van der Waals surface area contributed by atoms with Gasteiger partial charge in [0, 0.05) is 40.1 Å². The molecular formula is C14H21N5O3S. The minimum atomic E-state index is -3.63. The Morgan fingerprint density at radius 1 is 1.35 bits per heavy atom. The van der Waals surface area contributed by atoms with Gasteiger partial charge in [0.05, 0.1) is 24.7 Å². The molecule has 2 atom stereocenters. The summed E-state index contributed by atoms with van der Waals surface area (Å²) in [5.74, 6) is 0. The van der Waals surface area contributed by atoms with Crippen molar-refractivity contribution in [2.24, 2.45) is 14.1 Å². The summed E-state index contributed by atoms with van der Waals surface area (Å²) in [6.07, 6.45) is 7.79. The van der Waals surface area contributed by atoms with Gasteiger partial charge in [-0.3, -0.25) is 4.68 Å². The van der Waals surface area contributed by atoms with Gasteiger partial charge in [0.1, 0.15) is 0 Å². The topological polar surface area (TPSA) is 82.2 Å². The molecule has 2 aromatic rings. The quantitative estimate of drug-likeness (QED) is 0.776. The molecule has 0 aliphatic carbocycles. The Balaban J connectivity index is 1.90. The third-order valence-corrected chi connectivity index (χ3v) is 6.00. The van der Waals surface area contributed by atoms with Crippen LogP contribution in [0.5, 0.6) is 0 Å². The van der Waals surface area contributed by atoms with Crippen molar-refractivity contribution in [1.82, 2.24) is 23.6 Å². The molecule has 1 fully saturated rings. The minimum absolute atomic E-state index is 0.0768. The summed E-state index contributed by atoms with van der Waals surface area (Å²) >= 11 is 0. The molecule has 0 radical (unpaired) electrons. The lowest BCUT2D eigenvalue weighted by molar-refractivity contribution is 0.0809. The van der Waals surface area contributed by atoms with Gasteiger partial charge in [-0.15, -0.1) is 0 Å². The van der Waals surface area contributed by atoms with Gasteiger partial charge in [-0.05, 0) is 18.4 Å². The Hall–Kier alpha value is -1.71. The minimum Gasteiger partial charge on any atom is -0.380 e. The highest BCUT2D eigenvalue weighted by Crippen LogP contribution is 2.29. The molecule has 1 aliphatic rings. The molecular weight excluding hydrogens is 318 g/mol. The number of rotatable bonds is 5. The fourth-order valence-corrected chi connectivity index (χ4v) is 4.70. The summed E-state index contributed by atoms with van der Waals surface area (Å²) in [6.45, 7) is 0.433. The van der Waals surface area contributed by atoms with Gasteiger partial charge >= 0.3 is 0 Å². The van der Waals surface area contributed by atoms with Crippen LogP contribution in [0.3, 0.4) is 0 Å². The Morgan fingerprint density at radius 3 is 2.70 bits per heavy atom. The maximum Gasteiger partial charge on any atom is 0.262 e. The van der Waals surface area contributed by atoms with E-state index in [1.54, 1.807) is 29.6 Å². The van der Waals surface area contributed by atoms with E-state index >= 15 is 0 Å². The van der Waals surface area contributed by atoms with Crippen LogP contribution in [0.2, 0.25) is 0 Å². The van der Waals surface area contributed by atoms with Gasteiger partial charge in [-0.2, -0.15) is 9.40 Å². The predicted molar refractivity (Wildman–Crippen MR) is 83.2 cm³/mol. The summed E-state index contributed by atoms with van der Waals surface area (Å²) in [4.78, 5) is 4.00. The molecule has 0 saturated carbocycles. The molecule has 0 unspecified atom stereocenters. The summed E-state index contributed by atoms with van der Waals surface area (Å²) in [7, 11) is 1.59. The number of ether oxygens (including phenoxy) is 1. The monoisotopic (exact) mass is 339 g/mol. The number of hydrogen-bond donors (Lipinski definition) is 0. The van der Waals surface area contributed by atoms with Gasteiger partial charge in [-0.25, -0.2) is 13.4 Å². The first-order chi connectivity index (χ1) is 10.9. The van der Waals surface area contributed by atoms with E-state index in [0.29, 0.717) is 19.4 Å². The van der Waals surface area contributed by atoms with Crippen molar-refractivity contribution < 1.29 is 13.2 Å². The smallest absolute Gasteiger partial charge is 0.262 e. The van der Waals surface area contributed by atoms with E-state index in [2.05, 4.69) is 10.1 Å². The highest BCUT2D eigenvalue weighted by molar-refractivity contribution is 7.89. The lowest BCUT2D eigenvalue weighted by Crippen LogP contribution is -2.41. The summed E-state index contributed by atoms with van der Waals surface area (Å²) in [5, 5.41) is 4.23. The molecule has 9 heteroatoms. The number of hydrogen-bond acceptors (Lipinski definition) is 5. The van der Waals surface area contributed by atoms with Crippen molar-refractivity contribution in [2.45, 2.75) is 30.0 Å². The number of aryl methyl sites for hydroxylation is 2. The molecule has 2 aromatic heterocycles. The van der Waals surface area contributed by atoms with Crippen LogP contribution in [-0.2, 0) is 35.3 Å². The summed E-state index contributed by atoms with van der Waals surface area (Å²) in [5.41, 5.74) is 0.989. The van der Waals surface area contributed by atoms with Crippen molar-refractivity contribution >= 4 is 10.0 Å². The summed E-state index contributed by atoms with van der Waals surface area (Å²) < 4.78 is 36.1. The zero-order valence-electron chi connectivity index (χ0n) is 13.5. The fraction of sp³-hybridized carbons (Fsp3) is 0.571. The predicted octanol–water partition coefficient (Wildman–Crippen LogP) is 0.174. The van der Waals surface area contributed by atoms with Crippen molar-refractivity contribution in [3.05, 3.63) is 30.5 Å². The van der Waals surface area contributed by atoms with Crippen LogP contribution >= 0.6 is 0 Å². The van der Waals surface area contributed by atoms with E-state index in [9.17, 15) is 8.42 Å². The van der Waals surface area contributed by atoms with Gasteiger partial charge < -0.3 is 9.30 Å². The molecule has 0 N–H and O–H groups in total. The first-order valence-corrected chi connectivity index (χ1v) is 8.86. The molecule has 0 spiro atoms. The van der Waals surface area contributed by atoms with Crippen LogP contribution in [0.15, 0.2) is 29.9 Å². The first kappa shape index (κ1) is 16.2. The molecule has 23 heavy (non-hydrogen) atoms. The van der Waals surface area contributed by atoms with Crippen molar-refractivity contribution in [3.8, 4) is 0 Å². The summed E-state index contributed by atoms with van der Waals surface area (Å²) in [6, 6.07) is -0.254. The first-order valence-electron chi connectivity index (χ1n) is 7.42. The van der Waals surface area contributed by atoms with Crippen LogP contribution in [0.4, 0.5) is 0 Å². The van der Waals surface area contributed by atoms with Crippen LogP contribution in [0.25, 0.3) is 0 Å². The number of nitrogens with zero attached hydrogens (tertiary/aromatic N) is 5. The van der Waals surface area contributed by atoms with E-state index < -0.39 is 10.0 Å². The van der Waals surface area contributed by atoms with E-state index in [-0.39, 0.29) is 17.2 Å². The van der Waals surface area contributed by atoms with Gasteiger partial charge in [-0.1, -0.05) is 0 Å². The lowest BCUT2D eigenvalue weighted by atomic mass is 10.1. The Kier molecular flexibility index (Phi) is 4.26. The molecule has 3 heterocycles. The number of methoxy groups -OCH3 is 1. The maximum atomic E-state index is 12.9. The highest BCUT2D eigenvalue weighted by Gasteiger charge is 2.42. The molecule has 1 aliphatic heterocycles. The molecule has 0 bridgehead atoms. The van der Waals surface area contributed by atoms with Crippen molar-refractivity contribution in [1.29, 1.82) is 0 Å². The second kappa shape index (κ2) is 6.06. The van der Waals surface area contributed by atoms with Gasteiger partial charge in [0.25, 0.3) is 10.0 Å². The number of aromatic nitrogens is 4. The van der Waals surface area contributed by atoms with Crippen LogP contribution in [-0.4, -0.2) is 57.9 Å². The van der Waals surface area contributed by atoms with E-state index in [1.165, 1.54) is 16.8 Å². The molecule has 8 nitrogen and oxygen atoms in total. The van der Waals surface area contributed by atoms with Crippen molar-refractivity contribution in [2.75, 3.05) is 13.7 Å². The standard InChI is InChI=1S/C14H21N5O3S/c1-17-9-14(15-10-17)23(20,21)19-5-4-13(22-3)12(19)6-11-7-16-18(2)8-11/h7-10,12-13H,4-6H2,1-3H3/t12-,13-/m0/s1. The van der Waals surface area contributed by atoms with Crippen LogP contribution in [0, 0.1) is 0 Å². The second-order valence-corrected chi connectivity index (χ2v) is 7.69. The fourth-order valence-electron chi connectivity index (χ4n) is 3.07. The maximum absolute atomic E-state index is 12.9. The zero-order valence-corrected chi connectivity index (χ0v) is 14.3. The molecule has 1 saturated heterocycles. The Morgan fingerprint density at radius 2 is 2.13 bits per heavy atom. The molecule has 0 aromatic carbocycles. The third kappa shape index (κ3) is 3.04. The van der Waals surface area contributed by atoms with Crippen LogP contribution < -0.4 is 0 Å². The highest BCUT2D eigenvalue weighted by atomic mass is 32.2. The molecule has 0 amide bonds. The number of sulfonamides is 1. The average molecular weight is 339 g/mol. The molecule has 3 rings (SSSR count). The normalized spacial score (nSPS) is 22.7. The van der Waals surface area contributed by atoms with Crippen LogP contribution in [0.1, 0.15) is 12.0 Å². The van der Waals surface area contributed by atoms with Gasteiger partial charge in [0.2, 0.25) is 0 Å². The van der Waals surface area contributed by atoms with E-state index in [1.807, 2.05) is 13.2 Å². The SMILES string of the molecule is CO[C@H]1CCN(S(=O)(=O)c2cn(C)cn2)[C@H]1Cc1cnn(C)c1. The zero-order chi connectivity index (χ0) is 16.6. The van der Waals surface area contributed by atoms with Gasteiger partial charge in [0.15, 0.2) is 5.03 Å². The van der Waals surface area contributed by atoms with E-state index in [0.717, 1.165) is 5.56 Å². The number of imidazole rings is 1.